The molecule has 2 aromatic rings. The molecular formula is C14H16N2. The van der Waals surface area contributed by atoms with Crippen molar-refractivity contribution in [3.63, 3.8) is 0 Å². The first-order chi connectivity index (χ1) is 7.74. The predicted molar refractivity (Wildman–Crippen MR) is 67.3 cm³/mol. The van der Waals surface area contributed by atoms with Crippen LogP contribution in [0.1, 0.15) is 29.4 Å². The highest BCUT2D eigenvalue weighted by atomic mass is 14.9. The molecule has 16 heavy (non-hydrogen) atoms. The van der Waals surface area contributed by atoms with Crippen LogP contribution in [0.3, 0.4) is 0 Å². The molecule has 2 heteroatoms. The van der Waals surface area contributed by atoms with Crippen LogP contribution in [0.25, 0.3) is 5.57 Å². The van der Waals surface area contributed by atoms with Crippen molar-refractivity contribution in [1.29, 1.82) is 0 Å². The molecule has 0 amide bonds. The Kier molecular flexibility index (Phi) is 2.91. The van der Waals surface area contributed by atoms with Gasteiger partial charge in [0.2, 0.25) is 0 Å². The van der Waals surface area contributed by atoms with Gasteiger partial charge in [0.1, 0.15) is 5.82 Å². The number of aromatic amines is 1. The first-order valence-electron chi connectivity index (χ1n) is 5.46. The molecule has 0 atom stereocenters. The molecule has 82 valence electrons. The quantitative estimate of drug-likeness (QED) is 0.811. The molecule has 1 N–H and O–H groups in total. The lowest BCUT2D eigenvalue weighted by Gasteiger charge is -2.10. The number of hydrogen-bond acceptors (Lipinski definition) is 1. The number of nitrogens with zero attached hydrogens (tertiary/aromatic N) is 1. The van der Waals surface area contributed by atoms with Crippen LogP contribution < -0.4 is 0 Å². The average Bonchev–Trinajstić information content (AvgIpc) is 2.79. The molecule has 0 spiro atoms. The fourth-order valence-corrected chi connectivity index (χ4v) is 1.88. The summed E-state index contributed by atoms with van der Waals surface area (Å²) in [6.07, 6.45) is 5.73. The summed E-state index contributed by atoms with van der Waals surface area (Å²) < 4.78 is 0. The largest absolute Gasteiger partial charge is 0.345 e. The van der Waals surface area contributed by atoms with Crippen LogP contribution in [-0.4, -0.2) is 9.97 Å². The maximum absolute atomic E-state index is 4.31. The summed E-state index contributed by atoms with van der Waals surface area (Å²) in [5.74, 6) is 0.927. The Labute approximate surface area is 96.1 Å². The molecule has 0 aliphatic carbocycles. The molecule has 0 unspecified atom stereocenters. The van der Waals surface area contributed by atoms with E-state index in [4.69, 9.17) is 0 Å². The van der Waals surface area contributed by atoms with Gasteiger partial charge in [-0.05, 0) is 37.5 Å². The second kappa shape index (κ2) is 4.35. The van der Waals surface area contributed by atoms with Gasteiger partial charge >= 0.3 is 0 Å². The molecule has 0 aliphatic heterocycles. The molecule has 0 bridgehead atoms. The fraction of sp³-hybridized carbons (Fsp3) is 0.214. The van der Waals surface area contributed by atoms with Crippen molar-refractivity contribution in [2.24, 2.45) is 0 Å². The molecule has 0 fully saturated rings. The van der Waals surface area contributed by atoms with Crippen molar-refractivity contribution in [2.75, 3.05) is 0 Å². The number of imidazole rings is 1. The smallest absolute Gasteiger partial charge is 0.137 e. The minimum atomic E-state index is 0.927. The summed E-state index contributed by atoms with van der Waals surface area (Å²) in [4.78, 5) is 7.46. The van der Waals surface area contributed by atoms with Crippen LogP contribution in [-0.2, 0) is 0 Å². The Balaban J connectivity index is 2.55. The fourth-order valence-electron chi connectivity index (χ4n) is 1.88. The summed E-state index contributed by atoms with van der Waals surface area (Å²) in [5.41, 5.74) is 5.03. The maximum atomic E-state index is 4.31. The van der Waals surface area contributed by atoms with E-state index in [0.717, 1.165) is 11.4 Å². The molecule has 0 radical (unpaired) electrons. The topological polar surface area (TPSA) is 28.7 Å². The maximum Gasteiger partial charge on any atom is 0.137 e. The highest BCUT2D eigenvalue weighted by Crippen LogP contribution is 2.25. The van der Waals surface area contributed by atoms with Crippen LogP contribution in [0, 0.1) is 13.8 Å². The van der Waals surface area contributed by atoms with Gasteiger partial charge in [0.05, 0.1) is 0 Å². The van der Waals surface area contributed by atoms with Crippen LogP contribution >= 0.6 is 0 Å². The highest BCUT2D eigenvalue weighted by Gasteiger charge is 2.09. The van der Waals surface area contributed by atoms with E-state index in [-0.39, 0.29) is 0 Å². The molecule has 0 saturated carbocycles. The third-order valence-corrected chi connectivity index (χ3v) is 2.94. The van der Waals surface area contributed by atoms with Gasteiger partial charge < -0.3 is 4.98 Å². The number of aryl methyl sites for hydroxylation is 1. The lowest BCUT2D eigenvalue weighted by molar-refractivity contribution is 1.22. The van der Waals surface area contributed by atoms with E-state index >= 15 is 0 Å². The molecule has 0 saturated heterocycles. The van der Waals surface area contributed by atoms with Crippen molar-refractivity contribution < 1.29 is 0 Å². The zero-order valence-corrected chi connectivity index (χ0v) is 9.91. The normalized spacial score (nSPS) is 11.8. The number of hydrogen-bond donors (Lipinski definition) is 1. The Morgan fingerprint density at radius 1 is 1.31 bits per heavy atom. The van der Waals surface area contributed by atoms with Gasteiger partial charge in [-0.15, -0.1) is 0 Å². The summed E-state index contributed by atoms with van der Waals surface area (Å²) in [7, 11) is 0. The van der Waals surface area contributed by atoms with Crippen molar-refractivity contribution in [3.05, 3.63) is 59.2 Å². The average molecular weight is 212 g/mol. The van der Waals surface area contributed by atoms with E-state index in [0.29, 0.717) is 0 Å². The third-order valence-electron chi connectivity index (χ3n) is 2.94. The van der Waals surface area contributed by atoms with E-state index in [2.05, 4.69) is 48.1 Å². The molecular weight excluding hydrogens is 196 g/mol. The molecule has 1 aromatic carbocycles. The van der Waals surface area contributed by atoms with Crippen LogP contribution in [0.15, 0.2) is 36.7 Å². The minimum absolute atomic E-state index is 0.927. The van der Waals surface area contributed by atoms with E-state index in [1.165, 1.54) is 16.7 Å². The lowest BCUT2D eigenvalue weighted by atomic mass is 9.96. The summed E-state index contributed by atoms with van der Waals surface area (Å²) in [6, 6.07) is 6.36. The van der Waals surface area contributed by atoms with Crippen molar-refractivity contribution in [2.45, 2.75) is 20.8 Å². The van der Waals surface area contributed by atoms with Crippen molar-refractivity contribution in [1.82, 2.24) is 9.97 Å². The summed E-state index contributed by atoms with van der Waals surface area (Å²) >= 11 is 0. The van der Waals surface area contributed by atoms with Crippen molar-refractivity contribution in [3.8, 4) is 0 Å². The third kappa shape index (κ3) is 1.78. The number of benzene rings is 1. The summed E-state index contributed by atoms with van der Waals surface area (Å²) in [5, 5.41) is 0. The molecule has 0 aliphatic rings. The molecule has 2 rings (SSSR count). The molecule has 2 nitrogen and oxygen atoms in total. The number of aromatic nitrogens is 2. The van der Waals surface area contributed by atoms with Crippen LogP contribution in [0.2, 0.25) is 0 Å². The predicted octanol–water partition coefficient (Wildman–Crippen LogP) is 3.48. The standard InChI is InChI=1S/C14H16N2/c1-4-12(14-15-8-9-16-14)13-7-5-6-10(2)11(13)3/h4-9H,1-3H3,(H,15,16)/b12-4+. The summed E-state index contributed by atoms with van der Waals surface area (Å²) in [6.45, 7) is 6.32. The zero-order chi connectivity index (χ0) is 11.5. The van der Waals surface area contributed by atoms with Gasteiger partial charge in [0, 0.05) is 18.0 Å². The van der Waals surface area contributed by atoms with E-state index in [9.17, 15) is 0 Å². The van der Waals surface area contributed by atoms with Crippen LogP contribution in [0.4, 0.5) is 0 Å². The Hall–Kier alpha value is -1.83. The Bertz CT molecular complexity index is 508. The monoisotopic (exact) mass is 212 g/mol. The Morgan fingerprint density at radius 3 is 2.75 bits per heavy atom. The van der Waals surface area contributed by atoms with Gasteiger partial charge in [0.25, 0.3) is 0 Å². The minimum Gasteiger partial charge on any atom is -0.345 e. The number of H-pyrrole nitrogens is 1. The SMILES string of the molecule is C/C=C(/c1ncc[nH]1)c1cccc(C)c1C. The number of nitrogens with one attached hydrogen (secondary N) is 1. The lowest BCUT2D eigenvalue weighted by Crippen LogP contribution is -1.95. The van der Waals surface area contributed by atoms with E-state index in [1.807, 2.05) is 13.1 Å². The van der Waals surface area contributed by atoms with Gasteiger partial charge in [-0.3, -0.25) is 0 Å². The Morgan fingerprint density at radius 2 is 2.12 bits per heavy atom. The first kappa shape index (κ1) is 10.7. The first-order valence-corrected chi connectivity index (χ1v) is 5.46. The second-order valence-electron chi connectivity index (χ2n) is 3.89. The van der Waals surface area contributed by atoms with E-state index in [1.54, 1.807) is 6.20 Å². The number of rotatable bonds is 2. The van der Waals surface area contributed by atoms with E-state index < -0.39 is 0 Å². The van der Waals surface area contributed by atoms with Gasteiger partial charge in [0.15, 0.2) is 0 Å². The number of allylic oxidation sites excluding steroid dienone is 1. The zero-order valence-electron chi connectivity index (χ0n) is 9.91. The second-order valence-corrected chi connectivity index (χ2v) is 3.89. The molecule has 1 heterocycles. The van der Waals surface area contributed by atoms with Crippen LogP contribution in [0.5, 0.6) is 0 Å². The molecule has 1 aromatic heterocycles. The van der Waals surface area contributed by atoms with Gasteiger partial charge in [-0.2, -0.15) is 0 Å². The highest BCUT2D eigenvalue weighted by molar-refractivity contribution is 5.78. The van der Waals surface area contributed by atoms with Gasteiger partial charge in [-0.25, -0.2) is 4.98 Å². The van der Waals surface area contributed by atoms with Crippen molar-refractivity contribution >= 4 is 5.57 Å². The van der Waals surface area contributed by atoms with Gasteiger partial charge in [-0.1, -0.05) is 24.3 Å².